The summed E-state index contributed by atoms with van der Waals surface area (Å²) in [6.45, 7) is 1.21. The number of carbonyl (C=O) groups excluding carboxylic acids is 1. The number of hydrogen-bond donors (Lipinski definition) is 1. The third kappa shape index (κ3) is 7.20. The van der Waals surface area contributed by atoms with Crippen LogP contribution in [0.2, 0.25) is 5.02 Å². The third-order valence-electron chi connectivity index (χ3n) is 5.24. The standard InChI is InChI=1S/C22H26ClFN2O3S2/c23-21-4-2-1-3-19(21)15-30-14-11-25-22(27)18-9-12-26(13-10-18)31(28,29)16-17-5-7-20(24)8-6-17/h1-8,18H,9-16H2,(H,25,27). The highest BCUT2D eigenvalue weighted by Gasteiger charge is 2.31. The van der Waals surface area contributed by atoms with Crippen LogP contribution in [0.25, 0.3) is 0 Å². The van der Waals surface area contributed by atoms with Crippen LogP contribution in [0.5, 0.6) is 0 Å². The number of rotatable bonds is 9. The molecule has 0 spiro atoms. The molecule has 1 amide bonds. The van der Waals surface area contributed by atoms with Crippen molar-refractivity contribution in [3.8, 4) is 0 Å². The van der Waals surface area contributed by atoms with Crippen LogP contribution in [0.1, 0.15) is 24.0 Å². The van der Waals surface area contributed by atoms with Crippen LogP contribution >= 0.6 is 23.4 Å². The zero-order valence-electron chi connectivity index (χ0n) is 17.1. The normalized spacial score (nSPS) is 15.7. The van der Waals surface area contributed by atoms with Crippen molar-refractivity contribution in [1.82, 2.24) is 9.62 Å². The van der Waals surface area contributed by atoms with E-state index >= 15 is 0 Å². The number of amides is 1. The Morgan fingerprint density at radius 1 is 1.13 bits per heavy atom. The fourth-order valence-electron chi connectivity index (χ4n) is 3.47. The van der Waals surface area contributed by atoms with Crippen molar-refractivity contribution in [2.75, 3.05) is 25.4 Å². The lowest BCUT2D eigenvalue weighted by Crippen LogP contribution is -2.43. The minimum absolute atomic E-state index is 0.0195. The van der Waals surface area contributed by atoms with Crippen molar-refractivity contribution in [2.45, 2.75) is 24.3 Å². The van der Waals surface area contributed by atoms with Gasteiger partial charge in [0.15, 0.2) is 0 Å². The first-order chi connectivity index (χ1) is 14.8. The SMILES string of the molecule is O=C(NCCSCc1ccccc1Cl)C1CCN(S(=O)(=O)Cc2ccc(F)cc2)CC1. The van der Waals surface area contributed by atoms with Crippen LogP contribution in [0.3, 0.4) is 0 Å². The summed E-state index contributed by atoms with van der Waals surface area (Å²) < 4.78 is 39.7. The largest absolute Gasteiger partial charge is 0.355 e. The van der Waals surface area contributed by atoms with Gasteiger partial charge in [-0.2, -0.15) is 11.8 Å². The van der Waals surface area contributed by atoms with Gasteiger partial charge in [-0.25, -0.2) is 17.1 Å². The number of nitrogens with zero attached hydrogens (tertiary/aromatic N) is 1. The molecule has 0 aliphatic carbocycles. The third-order valence-corrected chi connectivity index (χ3v) is 8.47. The predicted molar refractivity (Wildman–Crippen MR) is 124 cm³/mol. The molecule has 1 fully saturated rings. The second kappa shape index (κ2) is 11.3. The van der Waals surface area contributed by atoms with E-state index in [9.17, 15) is 17.6 Å². The first-order valence-corrected chi connectivity index (χ1v) is 13.3. The fourth-order valence-corrected chi connectivity index (χ4v) is 6.17. The second-order valence-corrected chi connectivity index (χ2v) is 11.0. The summed E-state index contributed by atoms with van der Waals surface area (Å²) in [6.07, 6.45) is 1.00. The molecule has 0 atom stereocenters. The summed E-state index contributed by atoms with van der Waals surface area (Å²) in [5.74, 6) is 0.823. The average Bonchev–Trinajstić information content (AvgIpc) is 2.76. The van der Waals surface area contributed by atoms with Crippen LogP contribution in [-0.2, 0) is 26.3 Å². The molecule has 5 nitrogen and oxygen atoms in total. The fraction of sp³-hybridized carbons (Fsp3) is 0.409. The number of halogens is 2. The van der Waals surface area contributed by atoms with E-state index in [4.69, 9.17) is 11.6 Å². The molecule has 1 saturated heterocycles. The molecular formula is C22H26ClFN2O3S2. The lowest BCUT2D eigenvalue weighted by molar-refractivity contribution is -0.125. The van der Waals surface area contributed by atoms with E-state index in [2.05, 4.69) is 5.32 Å². The molecule has 3 rings (SSSR count). The van der Waals surface area contributed by atoms with E-state index in [0.717, 1.165) is 22.1 Å². The van der Waals surface area contributed by atoms with E-state index in [-0.39, 0.29) is 17.6 Å². The molecular weight excluding hydrogens is 459 g/mol. The molecule has 1 aliphatic rings. The molecule has 0 bridgehead atoms. The van der Waals surface area contributed by atoms with E-state index in [1.54, 1.807) is 11.8 Å². The molecule has 2 aromatic rings. The van der Waals surface area contributed by atoms with Gasteiger partial charge in [-0.15, -0.1) is 0 Å². The van der Waals surface area contributed by atoms with E-state index in [1.165, 1.54) is 28.6 Å². The highest BCUT2D eigenvalue weighted by Crippen LogP contribution is 2.23. The number of carbonyl (C=O) groups is 1. The first kappa shape index (κ1) is 24.0. The summed E-state index contributed by atoms with van der Waals surface area (Å²) in [7, 11) is -3.49. The molecule has 1 heterocycles. The van der Waals surface area contributed by atoms with Crippen molar-refractivity contribution in [3.05, 3.63) is 70.5 Å². The van der Waals surface area contributed by atoms with Gasteiger partial charge >= 0.3 is 0 Å². The molecule has 1 N–H and O–H groups in total. The Bertz CT molecular complexity index is 979. The maximum Gasteiger partial charge on any atom is 0.223 e. The van der Waals surface area contributed by atoms with Gasteiger partial charge in [0.2, 0.25) is 15.9 Å². The molecule has 0 saturated carbocycles. The first-order valence-electron chi connectivity index (χ1n) is 10.2. The van der Waals surface area contributed by atoms with Gasteiger partial charge in [0.05, 0.1) is 5.75 Å². The quantitative estimate of drug-likeness (QED) is 0.545. The lowest BCUT2D eigenvalue weighted by atomic mass is 9.97. The van der Waals surface area contributed by atoms with Crippen molar-refractivity contribution in [1.29, 1.82) is 0 Å². The van der Waals surface area contributed by atoms with Crippen LogP contribution in [-0.4, -0.2) is 44.0 Å². The molecule has 0 aromatic heterocycles. The lowest BCUT2D eigenvalue weighted by Gasteiger charge is -2.30. The van der Waals surface area contributed by atoms with Gasteiger partial charge in [0.1, 0.15) is 5.82 Å². The summed E-state index contributed by atoms with van der Waals surface area (Å²) in [5, 5.41) is 3.71. The molecule has 31 heavy (non-hydrogen) atoms. The van der Waals surface area contributed by atoms with Crippen molar-refractivity contribution in [3.63, 3.8) is 0 Å². The Morgan fingerprint density at radius 3 is 2.48 bits per heavy atom. The second-order valence-electron chi connectivity index (χ2n) is 7.49. The molecule has 1 aliphatic heterocycles. The maximum absolute atomic E-state index is 13.0. The number of piperidine rings is 1. The predicted octanol–water partition coefficient (Wildman–Crippen LogP) is 4.07. The average molecular weight is 485 g/mol. The number of sulfonamides is 1. The topological polar surface area (TPSA) is 66.5 Å². The minimum Gasteiger partial charge on any atom is -0.355 e. The Kier molecular flexibility index (Phi) is 8.77. The summed E-state index contributed by atoms with van der Waals surface area (Å²) >= 11 is 7.84. The van der Waals surface area contributed by atoms with Gasteiger partial charge in [-0.05, 0) is 42.2 Å². The highest BCUT2D eigenvalue weighted by atomic mass is 35.5. The Balaban J connectivity index is 1.37. The summed E-state index contributed by atoms with van der Waals surface area (Å²) in [6, 6.07) is 13.2. The van der Waals surface area contributed by atoms with Crippen molar-refractivity contribution < 1.29 is 17.6 Å². The number of nitrogens with one attached hydrogen (secondary N) is 1. The monoisotopic (exact) mass is 484 g/mol. The van der Waals surface area contributed by atoms with Crippen LogP contribution in [0.4, 0.5) is 4.39 Å². The Labute approximate surface area is 192 Å². The van der Waals surface area contributed by atoms with Gasteiger partial charge in [0, 0.05) is 42.1 Å². The molecule has 0 radical (unpaired) electrons. The Morgan fingerprint density at radius 2 is 1.81 bits per heavy atom. The smallest absolute Gasteiger partial charge is 0.223 e. The number of benzene rings is 2. The molecule has 0 unspecified atom stereocenters. The Hall–Kier alpha value is -1.61. The van der Waals surface area contributed by atoms with Crippen LogP contribution in [0.15, 0.2) is 48.5 Å². The van der Waals surface area contributed by atoms with E-state index in [0.29, 0.717) is 38.0 Å². The van der Waals surface area contributed by atoms with Crippen molar-refractivity contribution >= 4 is 39.3 Å². The van der Waals surface area contributed by atoms with Gasteiger partial charge in [-0.3, -0.25) is 4.79 Å². The molecule has 168 valence electrons. The zero-order chi connectivity index (χ0) is 22.3. The molecule has 2 aromatic carbocycles. The minimum atomic E-state index is -3.49. The van der Waals surface area contributed by atoms with Gasteiger partial charge in [0.25, 0.3) is 0 Å². The van der Waals surface area contributed by atoms with Crippen molar-refractivity contribution in [2.24, 2.45) is 5.92 Å². The molecule has 9 heteroatoms. The van der Waals surface area contributed by atoms with Gasteiger partial charge in [-0.1, -0.05) is 41.9 Å². The maximum atomic E-state index is 13.0. The van der Waals surface area contributed by atoms with E-state index in [1.807, 2.05) is 24.3 Å². The van der Waals surface area contributed by atoms with Crippen LogP contribution in [0, 0.1) is 11.7 Å². The van der Waals surface area contributed by atoms with Crippen LogP contribution < -0.4 is 5.32 Å². The number of hydrogen-bond acceptors (Lipinski definition) is 4. The zero-order valence-corrected chi connectivity index (χ0v) is 19.5. The van der Waals surface area contributed by atoms with E-state index < -0.39 is 15.8 Å². The summed E-state index contributed by atoms with van der Waals surface area (Å²) in [5.41, 5.74) is 1.63. The van der Waals surface area contributed by atoms with Gasteiger partial charge < -0.3 is 5.32 Å². The number of thioether (sulfide) groups is 1. The summed E-state index contributed by atoms with van der Waals surface area (Å²) in [4.78, 5) is 12.4. The highest BCUT2D eigenvalue weighted by molar-refractivity contribution is 7.98.